The molecule has 0 bridgehead atoms. The van der Waals surface area contributed by atoms with Crippen molar-refractivity contribution in [2.45, 2.75) is 123 Å². The third kappa shape index (κ3) is 16.4. The summed E-state index contributed by atoms with van der Waals surface area (Å²) in [7, 11) is 0. The zero-order chi connectivity index (χ0) is 68.0. The van der Waals surface area contributed by atoms with Crippen molar-refractivity contribution in [3.8, 4) is 56.3 Å². The van der Waals surface area contributed by atoms with Crippen molar-refractivity contribution >= 4 is 79.6 Å². The van der Waals surface area contributed by atoms with Crippen LogP contribution in [0.4, 0.5) is 11.4 Å². The van der Waals surface area contributed by atoms with Crippen LogP contribution in [-0.2, 0) is 13.1 Å². The number of anilines is 2. The zero-order valence-corrected chi connectivity index (χ0v) is 59.2. The van der Waals surface area contributed by atoms with Crippen LogP contribution in [0.5, 0.6) is 0 Å². The number of piperidine rings is 2. The van der Waals surface area contributed by atoms with Gasteiger partial charge in [0.2, 0.25) is 0 Å². The number of carbonyl (C=O) groups is 2. The van der Waals surface area contributed by atoms with Crippen molar-refractivity contribution < 1.29 is 19.8 Å². The number of aliphatic hydroxyl groups is 2. The minimum Gasteiger partial charge on any atom is -0.398 e. The molecule has 18 nitrogen and oxygen atoms in total. The van der Waals surface area contributed by atoms with Gasteiger partial charge in [0.15, 0.2) is 11.3 Å². The molecule has 4 aromatic heterocycles. The number of carbonyl (C=O) groups excluding carboxylic acids is 2. The Balaban J connectivity index is 0.000000173. The quantitative estimate of drug-likeness (QED) is 0.0336. The van der Waals surface area contributed by atoms with E-state index in [1.807, 2.05) is 109 Å². The van der Waals surface area contributed by atoms with Crippen LogP contribution < -0.4 is 22.6 Å². The third-order valence-electron chi connectivity index (χ3n) is 18.5. The summed E-state index contributed by atoms with van der Waals surface area (Å²) in [5.74, 6) is 2.39. The van der Waals surface area contributed by atoms with E-state index < -0.39 is 29.6 Å². The SMILES string of the molecule is C#Cc1ccc(-n2ncc3c(=O)n(CC4(O)CCN(C(=O)c5ccc(-c6ccccc6N)cc5)CC4)cnc32)cc1.C#[C][Sn]([CH2]CCC)([CH2]CCC)[CH2]CCC.Nc1ccccc1-c1ccc(C(=O)N2CCC(O)(Cn3cnc4c(cnn4-c4ccc(Br)cc4)c3=O)CC2)cc1. The molecule has 6 heterocycles. The van der Waals surface area contributed by atoms with Gasteiger partial charge in [-0.1, -0.05) is 82.5 Å². The maximum Gasteiger partial charge on any atom is 0.264 e. The molecule has 0 saturated carbocycles. The Kier molecular flexibility index (Phi) is 23.0. The topological polar surface area (TPSA) is 239 Å². The van der Waals surface area contributed by atoms with Crippen LogP contribution in [0.1, 0.15) is 111 Å². The number of unbranched alkanes of at least 4 members (excludes halogenated alkanes) is 3. The van der Waals surface area contributed by atoms with Crippen molar-refractivity contribution in [3.63, 3.8) is 0 Å². The van der Waals surface area contributed by atoms with E-state index in [1.165, 1.54) is 86.0 Å². The van der Waals surface area contributed by atoms with Crippen LogP contribution >= 0.6 is 15.9 Å². The molecule has 2 aliphatic rings. The number of aromatic nitrogens is 8. The predicted molar refractivity (Wildman–Crippen MR) is 388 cm³/mol. The standard InChI is InChI=1S/C32H28N6O3.C30H27BrN6O3.3C4H9.C2H.Sn/c1-2-22-7-13-25(14-8-22)38-29-27(19-35-38)31(40)37(21-34-29)20-32(41)15-17-36(18-16-32)30(39)24-11-9-23(10-12-24)26-5-3-4-6-28(26)33;31-22-9-11-23(12-10-22)37-27-25(17-34-37)29(39)36(19-33-27)18-30(40)13-15-35(16-14-30)28(38)21-7-5-20(6-8-21)24-3-1-2-4-26(24)32;3*1-3-4-2;1-2;/h1,3-14,19,21,41H,15-18,20,33H2;1-12,17,19,40H,13-16,18,32H2;3*1,3-4H2,2H3;1H;. The molecular weight excluding hydrogens is 1380 g/mol. The number of benzene rings is 6. The van der Waals surface area contributed by atoms with E-state index in [2.05, 4.69) is 66.7 Å². The maximum absolute atomic E-state index is 13.3. The first-order chi connectivity index (χ1) is 46.4. The Hall–Kier alpha value is -9.12. The van der Waals surface area contributed by atoms with Gasteiger partial charge in [-0.05, 0) is 122 Å². The minimum atomic E-state index is -2.09. The molecule has 2 aliphatic heterocycles. The number of likely N-dealkylation sites (tertiary alicyclic amines) is 2. The molecule has 20 heteroatoms. The fourth-order valence-corrected chi connectivity index (χ4v) is 25.1. The molecule has 0 spiro atoms. The summed E-state index contributed by atoms with van der Waals surface area (Å²) in [4.78, 5) is 65.3. The van der Waals surface area contributed by atoms with Gasteiger partial charge in [-0.25, -0.2) is 19.3 Å². The van der Waals surface area contributed by atoms with E-state index in [1.54, 1.807) is 55.6 Å². The van der Waals surface area contributed by atoms with Gasteiger partial charge in [0.1, 0.15) is 23.4 Å². The summed E-state index contributed by atoms with van der Waals surface area (Å²) in [6.45, 7) is 8.53. The van der Waals surface area contributed by atoms with Gasteiger partial charge < -0.3 is 31.5 Å². The Morgan fingerprint density at radius 3 is 1.28 bits per heavy atom. The summed E-state index contributed by atoms with van der Waals surface area (Å²) in [5, 5.41) is 32.1. The molecule has 96 heavy (non-hydrogen) atoms. The molecule has 10 aromatic rings. The number of nitrogens with two attached hydrogens (primary N) is 2. The zero-order valence-electron chi connectivity index (χ0n) is 54.8. The second-order valence-corrected chi connectivity index (χ2v) is 38.5. The summed E-state index contributed by atoms with van der Waals surface area (Å²) in [6, 6.07) is 44.8. The van der Waals surface area contributed by atoms with Gasteiger partial charge >= 0.3 is 101 Å². The molecular formula is C76H83BrN12O6Sn. The molecule has 0 atom stereocenters. The number of amides is 2. The first kappa shape index (κ1) is 69.7. The fraction of sp³-hybridized carbons (Fsp3) is 0.316. The molecule has 12 rings (SSSR count). The fourth-order valence-electron chi connectivity index (χ4n) is 12.6. The van der Waals surface area contributed by atoms with Crippen molar-refractivity contribution in [2.24, 2.45) is 0 Å². The number of fused-ring (bicyclic) bond motifs is 2. The summed E-state index contributed by atoms with van der Waals surface area (Å²) in [6.07, 6.45) is 26.7. The van der Waals surface area contributed by atoms with E-state index in [0.29, 0.717) is 96.4 Å². The number of halogens is 1. The van der Waals surface area contributed by atoms with Crippen molar-refractivity contribution in [2.75, 3.05) is 37.6 Å². The van der Waals surface area contributed by atoms with E-state index in [4.69, 9.17) is 24.3 Å². The Bertz CT molecular complexity index is 4510. The Morgan fingerprint density at radius 2 is 0.927 bits per heavy atom. The van der Waals surface area contributed by atoms with Gasteiger partial charge in [0.25, 0.3) is 22.9 Å². The van der Waals surface area contributed by atoms with Crippen LogP contribution in [0.25, 0.3) is 55.7 Å². The second-order valence-electron chi connectivity index (χ2n) is 25.2. The van der Waals surface area contributed by atoms with Crippen molar-refractivity contribution in [1.29, 1.82) is 0 Å². The second kappa shape index (κ2) is 31.6. The average Bonchev–Trinajstić information content (AvgIpc) is 1.50. The van der Waals surface area contributed by atoms with Gasteiger partial charge in [-0.15, -0.1) is 6.42 Å². The summed E-state index contributed by atoms with van der Waals surface area (Å²) >= 11 is 1.33. The molecule has 6 aromatic carbocycles. The predicted octanol–water partition coefficient (Wildman–Crippen LogP) is 12.7. The summed E-state index contributed by atoms with van der Waals surface area (Å²) < 4.78 is 14.7. The first-order valence-corrected chi connectivity index (χ1v) is 41.3. The van der Waals surface area contributed by atoms with Gasteiger partial charge in [0.05, 0.1) is 48.1 Å². The van der Waals surface area contributed by atoms with E-state index in [9.17, 15) is 29.4 Å². The number of hydrogen-bond acceptors (Lipinski definition) is 12. The van der Waals surface area contributed by atoms with Crippen LogP contribution in [0, 0.1) is 22.7 Å². The van der Waals surface area contributed by atoms with E-state index >= 15 is 0 Å². The summed E-state index contributed by atoms with van der Waals surface area (Å²) in [5.41, 5.74) is 18.7. The number of hydrogen-bond donors (Lipinski definition) is 4. The molecule has 0 unspecified atom stereocenters. The Labute approximate surface area is 573 Å². The van der Waals surface area contributed by atoms with Gasteiger partial charge in [-0.2, -0.15) is 10.2 Å². The number of rotatable bonds is 19. The number of terminal acetylenes is 2. The smallest absolute Gasteiger partial charge is 0.264 e. The number of nitrogens with zero attached hydrogens (tertiary/aromatic N) is 10. The molecule has 6 N–H and O–H groups in total. The Morgan fingerprint density at radius 1 is 0.552 bits per heavy atom. The van der Waals surface area contributed by atoms with E-state index in [0.717, 1.165) is 43.7 Å². The van der Waals surface area contributed by atoms with Crippen molar-refractivity contribution in [3.05, 3.63) is 213 Å². The van der Waals surface area contributed by atoms with Crippen LogP contribution in [0.3, 0.4) is 0 Å². The van der Waals surface area contributed by atoms with E-state index in [-0.39, 0.29) is 36.0 Å². The molecule has 2 amide bonds. The average molecular weight is 1460 g/mol. The van der Waals surface area contributed by atoms with Crippen LogP contribution in [-0.4, -0.2) is 126 Å². The molecule has 494 valence electrons. The minimum absolute atomic E-state index is 0.0754. The molecule has 0 aliphatic carbocycles. The van der Waals surface area contributed by atoms with Crippen LogP contribution in [0.2, 0.25) is 13.3 Å². The van der Waals surface area contributed by atoms with Gasteiger partial charge in [0, 0.05) is 69.8 Å². The maximum atomic E-state index is 13.3. The molecule has 2 saturated heterocycles. The first-order valence-electron chi connectivity index (χ1n) is 33.0. The molecule has 0 radical (unpaired) electrons. The van der Waals surface area contributed by atoms with Gasteiger partial charge in [-0.3, -0.25) is 28.3 Å². The largest absolute Gasteiger partial charge is 0.398 e. The van der Waals surface area contributed by atoms with Crippen molar-refractivity contribution in [1.82, 2.24) is 48.5 Å². The third-order valence-corrected chi connectivity index (χ3v) is 32.0. The monoisotopic (exact) mass is 1460 g/mol. The normalized spacial score (nSPS) is 14.2. The number of nitrogen functional groups attached to an aromatic ring is 2. The number of para-hydroxylation sites is 2. The van der Waals surface area contributed by atoms with Crippen LogP contribution in [0.15, 0.2) is 185 Å². The molecule has 2 fully saturated rings.